The largest absolute Gasteiger partial charge is 0.493 e. The summed E-state index contributed by atoms with van der Waals surface area (Å²) in [5.41, 5.74) is 0. The Bertz CT molecular complexity index is 541. The molecule has 1 amide bonds. The molecule has 0 radical (unpaired) electrons. The molecule has 6 heteroatoms. The molecule has 1 aliphatic rings. The first-order chi connectivity index (χ1) is 11.0. The van der Waals surface area contributed by atoms with Gasteiger partial charge in [0.25, 0.3) is 0 Å². The second-order valence-corrected chi connectivity index (χ2v) is 5.83. The van der Waals surface area contributed by atoms with E-state index in [1.165, 1.54) is 12.1 Å². The highest BCUT2D eigenvalue weighted by Gasteiger charge is 2.23. The number of hydrogen-bond donors (Lipinski definition) is 1. The lowest BCUT2D eigenvalue weighted by Gasteiger charge is -2.31. The zero-order valence-electron chi connectivity index (χ0n) is 13.0. The van der Waals surface area contributed by atoms with Crippen LogP contribution >= 0.6 is 0 Å². The quantitative estimate of drug-likeness (QED) is 0.784. The number of nitrogens with zero attached hydrogens (tertiary/aromatic N) is 1. The molecular weight excluding hydrogens is 301 g/mol. The fourth-order valence-electron chi connectivity index (χ4n) is 2.76. The molecule has 5 nitrogen and oxygen atoms in total. The van der Waals surface area contributed by atoms with E-state index in [-0.39, 0.29) is 24.1 Å². The summed E-state index contributed by atoms with van der Waals surface area (Å²) in [5.74, 6) is -0.409. The van der Waals surface area contributed by atoms with E-state index in [0.717, 1.165) is 12.8 Å². The fraction of sp³-hybridized carbons (Fsp3) is 0.529. The third-order valence-electron chi connectivity index (χ3n) is 4.03. The molecule has 1 N–H and O–H groups in total. The Balaban J connectivity index is 1.63. The second-order valence-electron chi connectivity index (χ2n) is 5.83. The molecule has 23 heavy (non-hydrogen) atoms. The van der Waals surface area contributed by atoms with Crippen LogP contribution in [0.25, 0.3) is 0 Å². The maximum atomic E-state index is 13.0. The number of carbonyl (C=O) groups is 2. The van der Waals surface area contributed by atoms with Gasteiger partial charge >= 0.3 is 5.97 Å². The standard InChI is InChI=1S/C17H22FNO4/c18-14-3-1-4-15(12-14)23-10-2-5-16(20)19-8-6-13(7-9-19)11-17(21)22/h1,3-4,12-13H,2,5-11H2,(H,21,22). The zero-order valence-corrected chi connectivity index (χ0v) is 13.0. The highest BCUT2D eigenvalue weighted by Crippen LogP contribution is 2.21. The summed E-state index contributed by atoms with van der Waals surface area (Å²) < 4.78 is 18.4. The molecule has 2 rings (SSSR count). The summed E-state index contributed by atoms with van der Waals surface area (Å²) in [7, 11) is 0. The Morgan fingerprint density at radius 2 is 2.04 bits per heavy atom. The molecule has 1 fully saturated rings. The monoisotopic (exact) mass is 323 g/mol. The molecule has 0 saturated carbocycles. The lowest BCUT2D eigenvalue weighted by Crippen LogP contribution is -2.38. The number of aliphatic carboxylic acids is 1. The van der Waals surface area contributed by atoms with E-state index in [1.807, 2.05) is 0 Å². The van der Waals surface area contributed by atoms with Crippen LogP contribution in [-0.4, -0.2) is 41.6 Å². The van der Waals surface area contributed by atoms with Crippen molar-refractivity contribution in [2.75, 3.05) is 19.7 Å². The van der Waals surface area contributed by atoms with Crippen molar-refractivity contribution in [1.29, 1.82) is 0 Å². The van der Waals surface area contributed by atoms with Crippen molar-refractivity contribution in [2.45, 2.75) is 32.1 Å². The molecule has 0 aliphatic carbocycles. The molecule has 0 aromatic heterocycles. The van der Waals surface area contributed by atoms with Crippen LogP contribution in [0.4, 0.5) is 4.39 Å². The summed E-state index contributed by atoms with van der Waals surface area (Å²) in [5, 5.41) is 8.78. The fourth-order valence-corrected chi connectivity index (χ4v) is 2.76. The van der Waals surface area contributed by atoms with Crippen molar-refractivity contribution >= 4 is 11.9 Å². The Kier molecular flexibility index (Phi) is 6.38. The minimum absolute atomic E-state index is 0.0709. The Morgan fingerprint density at radius 3 is 2.70 bits per heavy atom. The number of likely N-dealkylation sites (tertiary alicyclic amines) is 1. The molecule has 0 bridgehead atoms. The molecule has 0 atom stereocenters. The zero-order chi connectivity index (χ0) is 16.7. The van der Waals surface area contributed by atoms with Gasteiger partial charge in [-0.3, -0.25) is 9.59 Å². The molecule has 1 aliphatic heterocycles. The molecular formula is C17H22FNO4. The van der Waals surface area contributed by atoms with Crippen molar-refractivity contribution in [3.05, 3.63) is 30.1 Å². The summed E-state index contributed by atoms with van der Waals surface area (Å²) in [6.45, 7) is 1.62. The van der Waals surface area contributed by atoms with Gasteiger partial charge in [0.1, 0.15) is 11.6 Å². The number of benzene rings is 1. The molecule has 1 aromatic carbocycles. The first-order valence-corrected chi connectivity index (χ1v) is 7.92. The lowest BCUT2D eigenvalue weighted by atomic mass is 9.93. The number of carboxylic acid groups (broad SMARTS) is 1. The first-order valence-electron chi connectivity index (χ1n) is 7.92. The Hall–Kier alpha value is -2.11. The van der Waals surface area contributed by atoms with E-state index < -0.39 is 5.97 Å². The third kappa shape index (κ3) is 5.88. The summed E-state index contributed by atoms with van der Waals surface area (Å²) in [4.78, 5) is 24.6. The number of rotatable bonds is 7. The number of halogens is 1. The van der Waals surface area contributed by atoms with Crippen molar-refractivity contribution < 1.29 is 23.8 Å². The van der Waals surface area contributed by atoms with Crippen molar-refractivity contribution in [1.82, 2.24) is 4.90 Å². The van der Waals surface area contributed by atoms with E-state index in [1.54, 1.807) is 17.0 Å². The van der Waals surface area contributed by atoms with Crippen LogP contribution in [-0.2, 0) is 9.59 Å². The maximum absolute atomic E-state index is 13.0. The highest BCUT2D eigenvalue weighted by molar-refractivity contribution is 5.76. The van der Waals surface area contributed by atoms with Crippen LogP contribution in [0.1, 0.15) is 32.1 Å². The Labute approximate surface area is 135 Å². The van der Waals surface area contributed by atoms with E-state index in [2.05, 4.69) is 0 Å². The van der Waals surface area contributed by atoms with Gasteiger partial charge < -0.3 is 14.7 Å². The predicted molar refractivity (Wildman–Crippen MR) is 82.7 cm³/mol. The summed E-state index contributed by atoms with van der Waals surface area (Å²) in [6.07, 6.45) is 2.64. The van der Waals surface area contributed by atoms with Gasteiger partial charge in [0.15, 0.2) is 0 Å². The second kappa shape index (κ2) is 8.50. The molecule has 0 unspecified atom stereocenters. The summed E-state index contributed by atoms with van der Waals surface area (Å²) >= 11 is 0. The van der Waals surface area contributed by atoms with Crippen LogP contribution < -0.4 is 4.74 Å². The maximum Gasteiger partial charge on any atom is 0.303 e. The average molecular weight is 323 g/mol. The molecule has 1 aromatic rings. The van der Waals surface area contributed by atoms with Crippen LogP contribution in [0.5, 0.6) is 5.75 Å². The highest BCUT2D eigenvalue weighted by atomic mass is 19.1. The first kappa shape index (κ1) is 17.2. The van der Waals surface area contributed by atoms with Crippen LogP contribution in [0.2, 0.25) is 0 Å². The van der Waals surface area contributed by atoms with Gasteiger partial charge in [0.05, 0.1) is 6.61 Å². The SMILES string of the molecule is O=C(O)CC1CCN(C(=O)CCCOc2cccc(F)c2)CC1. The van der Waals surface area contributed by atoms with Gasteiger partial charge in [0.2, 0.25) is 5.91 Å². The van der Waals surface area contributed by atoms with Crippen LogP contribution in [0, 0.1) is 11.7 Å². The minimum Gasteiger partial charge on any atom is -0.493 e. The predicted octanol–water partition coefficient (Wildman–Crippen LogP) is 2.70. The van der Waals surface area contributed by atoms with Gasteiger partial charge in [-0.25, -0.2) is 4.39 Å². The normalized spacial score (nSPS) is 15.4. The third-order valence-corrected chi connectivity index (χ3v) is 4.03. The number of piperidine rings is 1. The molecule has 126 valence electrons. The van der Waals surface area contributed by atoms with Crippen molar-refractivity contribution in [3.8, 4) is 5.75 Å². The minimum atomic E-state index is -0.774. The van der Waals surface area contributed by atoms with Crippen LogP contribution in [0.15, 0.2) is 24.3 Å². The average Bonchev–Trinajstić information content (AvgIpc) is 2.51. The van der Waals surface area contributed by atoms with E-state index in [0.29, 0.717) is 38.3 Å². The van der Waals surface area contributed by atoms with Crippen molar-refractivity contribution in [2.24, 2.45) is 5.92 Å². The van der Waals surface area contributed by atoms with E-state index in [9.17, 15) is 14.0 Å². The molecule has 1 heterocycles. The van der Waals surface area contributed by atoms with Gasteiger partial charge in [-0.15, -0.1) is 0 Å². The van der Waals surface area contributed by atoms with E-state index >= 15 is 0 Å². The summed E-state index contributed by atoms with van der Waals surface area (Å²) in [6, 6.07) is 5.93. The van der Waals surface area contributed by atoms with Gasteiger partial charge in [0, 0.05) is 32.0 Å². The van der Waals surface area contributed by atoms with Gasteiger partial charge in [-0.1, -0.05) is 6.07 Å². The topological polar surface area (TPSA) is 66.8 Å². The number of hydrogen-bond acceptors (Lipinski definition) is 3. The molecule has 1 saturated heterocycles. The number of carboxylic acids is 1. The van der Waals surface area contributed by atoms with Crippen molar-refractivity contribution in [3.63, 3.8) is 0 Å². The number of amides is 1. The van der Waals surface area contributed by atoms with Gasteiger partial charge in [-0.05, 0) is 37.3 Å². The lowest BCUT2D eigenvalue weighted by molar-refractivity contribution is -0.138. The number of ether oxygens (including phenoxy) is 1. The van der Waals surface area contributed by atoms with Gasteiger partial charge in [-0.2, -0.15) is 0 Å². The Morgan fingerprint density at radius 1 is 1.30 bits per heavy atom. The smallest absolute Gasteiger partial charge is 0.303 e. The van der Waals surface area contributed by atoms with Crippen LogP contribution in [0.3, 0.4) is 0 Å². The number of carbonyl (C=O) groups excluding carboxylic acids is 1. The van der Waals surface area contributed by atoms with E-state index in [4.69, 9.17) is 9.84 Å². The molecule has 0 spiro atoms.